The predicted molar refractivity (Wildman–Crippen MR) is 246 cm³/mol. The van der Waals surface area contributed by atoms with Gasteiger partial charge in [-0.05, 0) is 83.5 Å². The van der Waals surface area contributed by atoms with Gasteiger partial charge in [0.2, 0.25) is 0 Å². The fourth-order valence-corrected chi connectivity index (χ4v) is 5.28. The Bertz CT molecular complexity index is 1330. The Labute approximate surface area is 354 Å². The van der Waals surface area contributed by atoms with Crippen LogP contribution in [-0.4, -0.2) is 37.2 Å². The van der Waals surface area contributed by atoms with Crippen LogP contribution in [0.25, 0.3) is 0 Å². The van der Waals surface area contributed by atoms with Crippen LogP contribution in [0, 0.1) is 0 Å². The van der Waals surface area contributed by atoms with Gasteiger partial charge < -0.3 is 14.2 Å². The van der Waals surface area contributed by atoms with Crippen molar-refractivity contribution in [2.75, 3.05) is 13.2 Å². The molecule has 0 heterocycles. The first kappa shape index (κ1) is 53.6. The zero-order chi connectivity index (χ0) is 42.3. The van der Waals surface area contributed by atoms with Crippen molar-refractivity contribution in [1.82, 2.24) is 0 Å². The molecular formula is C52H78O6. The van der Waals surface area contributed by atoms with Gasteiger partial charge in [-0.25, -0.2) is 0 Å². The number of carbonyl (C=O) groups is 3. The van der Waals surface area contributed by atoms with E-state index in [2.05, 4.69) is 93.7 Å². The van der Waals surface area contributed by atoms with Crippen LogP contribution in [0.2, 0.25) is 0 Å². The summed E-state index contributed by atoms with van der Waals surface area (Å²) in [6.07, 6.45) is 63.1. The van der Waals surface area contributed by atoms with E-state index in [1.165, 1.54) is 19.3 Å². The second-order valence-corrected chi connectivity index (χ2v) is 14.1. The summed E-state index contributed by atoms with van der Waals surface area (Å²) in [5.41, 5.74) is 0. The summed E-state index contributed by atoms with van der Waals surface area (Å²) in [5.74, 6) is -1.09. The van der Waals surface area contributed by atoms with Crippen molar-refractivity contribution in [2.24, 2.45) is 0 Å². The standard InChI is InChI=1S/C52H78O6/c1-4-7-10-13-16-19-21-23-24-25-26-27-29-30-33-36-39-42-45-51(54)57-48-49(47-56-50(53)44-41-38-35-32-18-15-12-9-6-3)58-52(55)46-43-40-37-34-31-28-22-20-17-14-11-8-5-2/h8-9,11-12,14,16-28,31-32,34,37,49H,4-7,10,13,15,29-30,33,35-36,38-48H2,1-3H3/b11-8-,12-9-,17-14-,19-16-,22-20-,23-21-,25-24-,27-26-,31-28-,32-18-,37-34-. The Morgan fingerprint density at radius 2 is 0.776 bits per heavy atom. The summed E-state index contributed by atoms with van der Waals surface area (Å²) >= 11 is 0. The van der Waals surface area contributed by atoms with E-state index in [0.717, 1.165) is 77.0 Å². The Morgan fingerprint density at radius 3 is 1.33 bits per heavy atom. The lowest BCUT2D eigenvalue weighted by molar-refractivity contribution is -0.167. The topological polar surface area (TPSA) is 78.9 Å². The molecule has 58 heavy (non-hydrogen) atoms. The SMILES string of the molecule is CC\C=C/C=C\C=C/C=C\C=C/CCCC(=O)OC(COC(=O)CCCC/C=C\C/C=C\CC)COC(=O)CCCCCCC\C=C/C=C\C=C/C=C\CCCCC. The molecule has 0 amide bonds. The van der Waals surface area contributed by atoms with Crippen molar-refractivity contribution in [3.8, 4) is 0 Å². The zero-order valence-electron chi connectivity index (χ0n) is 36.5. The van der Waals surface area contributed by atoms with Crippen LogP contribution in [0.1, 0.15) is 156 Å². The summed E-state index contributed by atoms with van der Waals surface area (Å²) in [4.78, 5) is 37.6. The van der Waals surface area contributed by atoms with Crippen molar-refractivity contribution >= 4 is 17.9 Å². The maximum absolute atomic E-state index is 12.7. The number of hydrogen-bond donors (Lipinski definition) is 0. The summed E-state index contributed by atoms with van der Waals surface area (Å²) in [5, 5.41) is 0. The Kier molecular flexibility index (Phi) is 41.8. The van der Waals surface area contributed by atoms with E-state index in [1.54, 1.807) is 0 Å². The van der Waals surface area contributed by atoms with E-state index in [4.69, 9.17) is 14.2 Å². The lowest BCUT2D eigenvalue weighted by Crippen LogP contribution is -2.30. The molecule has 0 saturated heterocycles. The highest BCUT2D eigenvalue weighted by atomic mass is 16.6. The van der Waals surface area contributed by atoms with Crippen molar-refractivity contribution in [3.63, 3.8) is 0 Å². The van der Waals surface area contributed by atoms with Gasteiger partial charge in [0.1, 0.15) is 13.2 Å². The lowest BCUT2D eigenvalue weighted by Gasteiger charge is -2.18. The second-order valence-electron chi connectivity index (χ2n) is 14.1. The van der Waals surface area contributed by atoms with E-state index in [-0.39, 0.29) is 38.0 Å². The van der Waals surface area contributed by atoms with E-state index < -0.39 is 12.1 Å². The summed E-state index contributed by atoms with van der Waals surface area (Å²) in [7, 11) is 0. The van der Waals surface area contributed by atoms with Gasteiger partial charge in [0, 0.05) is 19.3 Å². The quantitative estimate of drug-likeness (QED) is 0.0205. The minimum atomic E-state index is -0.840. The summed E-state index contributed by atoms with van der Waals surface area (Å²) in [6.45, 7) is 6.17. The third-order valence-electron chi connectivity index (χ3n) is 8.59. The molecule has 6 heteroatoms. The minimum absolute atomic E-state index is 0.135. The van der Waals surface area contributed by atoms with E-state index in [1.807, 2.05) is 60.8 Å². The van der Waals surface area contributed by atoms with Crippen molar-refractivity contribution in [2.45, 2.75) is 162 Å². The molecule has 0 aromatic carbocycles. The monoisotopic (exact) mass is 799 g/mol. The van der Waals surface area contributed by atoms with Crippen molar-refractivity contribution in [1.29, 1.82) is 0 Å². The average Bonchev–Trinajstić information content (AvgIpc) is 3.22. The molecule has 0 aromatic rings. The molecule has 0 aromatic heterocycles. The van der Waals surface area contributed by atoms with Crippen LogP contribution >= 0.6 is 0 Å². The number of ether oxygens (including phenoxy) is 3. The molecule has 0 aliphatic rings. The summed E-state index contributed by atoms with van der Waals surface area (Å²) < 4.78 is 16.5. The van der Waals surface area contributed by atoms with Gasteiger partial charge in [0.25, 0.3) is 0 Å². The molecule has 0 fully saturated rings. The van der Waals surface area contributed by atoms with Crippen molar-refractivity contribution < 1.29 is 28.6 Å². The maximum atomic E-state index is 12.7. The molecule has 0 saturated carbocycles. The lowest BCUT2D eigenvalue weighted by atomic mass is 10.1. The number of esters is 3. The first-order chi connectivity index (χ1) is 28.5. The van der Waals surface area contributed by atoms with Gasteiger partial charge >= 0.3 is 17.9 Å². The largest absolute Gasteiger partial charge is 0.462 e. The number of carbonyl (C=O) groups excluding carboxylic acids is 3. The van der Waals surface area contributed by atoms with Gasteiger partial charge in [-0.1, -0.05) is 187 Å². The highest BCUT2D eigenvalue weighted by Crippen LogP contribution is 2.10. The number of hydrogen-bond acceptors (Lipinski definition) is 6. The Hall–Kier alpha value is -4.45. The van der Waals surface area contributed by atoms with Crippen LogP contribution in [0.15, 0.2) is 134 Å². The van der Waals surface area contributed by atoms with Crippen LogP contribution < -0.4 is 0 Å². The Morgan fingerprint density at radius 1 is 0.379 bits per heavy atom. The van der Waals surface area contributed by atoms with Crippen molar-refractivity contribution in [3.05, 3.63) is 134 Å². The minimum Gasteiger partial charge on any atom is -0.462 e. The number of rotatable bonds is 37. The molecule has 322 valence electrons. The van der Waals surface area contributed by atoms with Gasteiger partial charge in [0.05, 0.1) is 0 Å². The molecule has 1 atom stereocenters. The van der Waals surface area contributed by atoms with Crippen LogP contribution in [-0.2, 0) is 28.6 Å². The predicted octanol–water partition coefficient (Wildman–Crippen LogP) is 14.4. The third-order valence-corrected chi connectivity index (χ3v) is 8.59. The zero-order valence-corrected chi connectivity index (χ0v) is 36.5. The van der Waals surface area contributed by atoms with Gasteiger partial charge in [-0.2, -0.15) is 0 Å². The van der Waals surface area contributed by atoms with Gasteiger partial charge in [-0.15, -0.1) is 0 Å². The van der Waals surface area contributed by atoms with E-state index >= 15 is 0 Å². The average molecular weight is 799 g/mol. The molecule has 1 unspecified atom stereocenters. The number of allylic oxidation sites excluding steroid dienone is 22. The molecule has 0 radical (unpaired) electrons. The summed E-state index contributed by atoms with van der Waals surface area (Å²) in [6, 6.07) is 0. The molecule has 0 rings (SSSR count). The fraction of sp³-hybridized carbons (Fsp3) is 0.519. The smallest absolute Gasteiger partial charge is 0.306 e. The van der Waals surface area contributed by atoms with E-state index in [9.17, 15) is 14.4 Å². The highest BCUT2D eigenvalue weighted by molar-refractivity contribution is 5.71. The van der Waals surface area contributed by atoms with Crippen LogP contribution in [0.3, 0.4) is 0 Å². The molecular weight excluding hydrogens is 721 g/mol. The van der Waals surface area contributed by atoms with Gasteiger partial charge in [-0.3, -0.25) is 14.4 Å². The molecule has 0 aliphatic carbocycles. The van der Waals surface area contributed by atoms with Crippen LogP contribution in [0.5, 0.6) is 0 Å². The highest BCUT2D eigenvalue weighted by Gasteiger charge is 2.19. The normalized spacial score (nSPS) is 13.4. The Balaban J connectivity index is 4.56. The molecule has 6 nitrogen and oxygen atoms in total. The maximum Gasteiger partial charge on any atom is 0.306 e. The molecule has 0 bridgehead atoms. The number of unbranched alkanes of at least 4 members (excludes halogenated alkanes) is 11. The molecule has 0 aliphatic heterocycles. The first-order valence-corrected chi connectivity index (χ1v) is 22.3. The van der Waals surface area contributed by atoms with Crippen LogP contribution in [0.4, 0.5) is 0 Å². The van der Waals surface area contributed by atoms with E-state index in [0.29, 0.717) is 25.7 Å². The fourth-order valence-electron chi connectivity index (χ4n) is 5.28. The third kappa shape index (κ3) is 42.7. The molecule has 0 spiro atoms. The molecule has 0 N–H and O–H groups in total. The van der Waals surface area contributed by atoms with Gasteiger partial charge in [0.15, 0.2) is 6.10 Å². The second kappa shape index (κ2) is 45.3. The first-order valence-electron chi connectivity index (χ1n) is 22.3.